The molecular formula is C47H76N6O7S. The fraction of sp³-hybridized carbons (Fsp3) is 0.702. The molecule has 61 heavy (non-hydrogen) atoms. The molecule has 0 spiro atoms. The van der Waals surface area contributed by atoms with Gasteiger partial charge in [-0.1, -0.05) is 78.9 Å². The first-order valence-corrected chi connectivity index (χ1v) is 23.3. The van der Waals surface area contributed by atoms with Gasteiger partial charge in [-0.3, -0.25) is 28.9 Å². The molecule has 1 aliphatic rings. The summed E-state index contributed by atoms with van der Waals surface area (Å²) >= 11 is 1.16. The first kappa shape index (κ1) is 48.0. The van der Waals surface area contributed by atoms with Gasteiger partial charge in [0.15, 0.2) is 6.10 Å². The number of unbranched alkanes of at least 4 members (excludes halogenated alkanes) is 3. The lowest BCUT2D eigenvalue weighted by atomic mass is 9.84. The van der Waals surface area contributed by atoms with Crippen LogP contribution in [0.2, 0.25) is 0 Å². The molecule has 0 bridgehead atoms. The van der Waals surface area contributed by atoms with Crippen molar-refractivity contribution in [2.75, 3.05) is 25.5 Å². The predicted molar refractivity (Wildman–Crippen MR) is 244 cm³/mol. The van der Waals surface area contributed by atoms with Crippen LogP contribution in [0.3, 0.4) is 0 Å². The fourth-order valence-corrected chi connectivity index (χ4v) is 8.75. The predicted octanol–water partition coefficient (Wildman–Crippen LogP) is 8.25. The molecule has 4 N–H and O–H groups in total. The second-order valence-electron chi connectivity index (χ2n) is 18.3. The number of anilines is 1. The molecule has 1 aromatic heterocycles. The summed E-state index contributed by atoms with van der Waals surface area (Å²) in [6.07, 6.45) is 6.67. The number of carboxylic acids is 1. The number of aromatic nitrogens is 1. The molecule has 0 radical (unpaired) electrons. The Morgan fingerprint density at radius 3 is 2.31 bits per heavy atom. The number of carboxylic acid groups (broad SMARTS) is 1. The number of likely N-dealkylation sites (N-methyl/N-ethyl adjacent to an activating group) is 1. The Morgan fingerprint density at radius 1 is 1.05 bits per heavy atom. The number of hydrogen-bond donors (Lipinski definition) is 4. The molecule has 3 rings (SSSR count). The number of aliphatic carboxylic acids is 1. The van der Waals surface area contributed by atoms with Gasteiger partial charge >= 0.3 is 11.9 Å². The minimum absolute atomic E-state index is 0.0128. The third-order valence-corrected chi connectivity index (χ3v) is 12.7. The largest absolute Gasteiger partial charge is 0.481 e. The fourth-order valence-electron chi connectivity index (χ4n) is 7.91. The summed E-state index contributed by atoms with van der Waals surface area (Å²) in [7, 11) is 1.95. The van der Waals surface area contributed by atoms with E-state index in [1.54, 1.807) is 31.4 Å². The van der Waals surface area contributed by atoms with Gasteiger partial charge in [0, 0.05) is 49.1 Å². The second kappa shape index (κ2) is 24.6. The lowest BCUT2D eigenvalue weighted by Crippen LogP contribution is -2.59. The van der Waals surface area contributed by atoms with Crippen molar-refractivity contribution < 1.29 is 36.6 Å². The summed E-state index contributed by atoms with van der Waals surface area (Å²) in [5, 5.41) is 21.2. The van der Waals surface area contributed by atoms with Crippen LogP contribution in [0.4, 0.5) is 5.69 Å². The highest BCUT2D eigenvalue weighted by Gasteiger charge is 2.39. The van der Waals surface area contributed by atoms with E-state index in [9.17, 15) is 29.1 Å². The summed E-state index contributed by atoms with van der Waals surface area (Å²) in [4.78, 5) is 76.2. The molecule has 2 aromatic rings. The van der Waals surface area contributed by atoms with Crippen LogP contribution in [0, 0.1) is 17.3 Å². The molecule has 1 fully saturated rings. The quantitative estimate of drug-likeness (QED) is 0.0563. The van der Waals surface area contributed by atoms with E-state index in [-0.39, 0.29) is 72.8 Å². The Bertz CT molecular complexity index is 1820. The van der Waals surface area contributed by atoms with E-state index >= 15 is 0 Å². The summed E-state index contributed by atoms with van der Waals surface area (Å²) < 4.78 is 23.0. The Hall–Kier alpha value is -4.04. The number of piperidine rings is 1. The number of ether oxygens (including phenoxy) is 1. The average Bonchev–Trinajstić information content (AvgIpc) is 3.70. The number of carbonyl (C=O) groups excluding carboxylic acids is 4. The van der Waals surface area contributed by atoms with Crippen LogP contribution in [0.1, 0.15) is 163 Å². The third-order valence-electron chi connectivity index (χ3n) is 11.7. The van der Waals surface area contributed by atoms with Crippen LogP contribution in [-0.2, 0) is 30.3 Å². The zero-order valence-electron chi connectivity index (χ0n) is 40.7. The Morgan fingerprint density at radius 2 is 1.74 bits per heavy atom. The molecule has 1 saturated heterocycles. The van der Waals surface area contributed by atoms with Crippen molar-refractivity contribution in [1.29, 1.82) is 0 Å². The molecule has 0 saturated carbocycles. The highest BCUT2D eigenvalue weighted by Crippen LogP contribution is 2.32. The van der Waals surface area contributed by atoms with E-state index in [0.717, 1.165) is 62.8 Å². The number of likely N-dealkylation sites (tertiary alicyclic amines) is 1. The molecule has 1 aliphatic heterocycles. The molecule has 2 heterocycles. The summed E-state index contributed by atoms with van der Waals surface area (Å²) in [6.45, 7) is 19.8. The standard InChI is InChI=1S/C47H76N6O7S/c1-12-14-15-17-25-53(45(57)41(32(7)13-2)51-43(56)38-19-16-18-24-52(38)11)39(30(3)4)27-40(60-33(8)54)44-50-37(29-61-44)42(55)49-36(28-47(9,10)46(58)59)26-34-20-22-35(23-21-34)48-31(5)6/h20-23,29-32,36,38-41,48H,12-19,24-28H2,1-11H3,(H,49,55)(H,51,56)(H,58,59)/t32-,36-,38+,39+,40+,41-/m0/s1/i22D,23D. The molecule has 13 nitrogen and oxygen atoms in total. The number of thiazole rings is 1. The molecular weight excluding hydrogens is 793 g/mol. The number of nitrogens with one attached hydrogen (secondary N) is 3. The summed E-state index contributed by atoms with van der Waals surface area (Å²) in [5.74, 6) is -2.65. The van der Waals surface area contributed by atoms with Crippen LogP contribution in [0.25, 0.3) is 0 Å². The lowest BCUT2D eigenvalue weighted by Gasteiger charge is -2.40. The maximum Gasteiger partial charge on any atom is 0.309 e. The molecule has 6 atom stereocenters. The Balaban J connectivity index is 1.97. The normalized spacial score (nSPS) is 17.7. The molecule has 0 unspecified atom stereocenters. The molecule has 1 aromatic carbocycles. The van der Waals surface area contributed by atoms with E-state index in [2.05, 4.69) is 32.8 Å². The van der Waals surface area contributed by atoms with E-state index in [4.69, 9.17) is 7.48 Å². The number of carbonyl (C=O) groups is 5. The molecule has 0 aliphatic carbocycles. The lowest BCUT2D eigenvalue weighted by molar-refractivity contribution is -0.150. The summed E-state index contributed by atoms with van der Waals surface area (Å²) in [6, 6.07) is 1.35. The van der Waals surface area contributed by atoms with Crippen molar-refractivity contribution in [3.05, 3.63) is 45.9 Å². The number of benzene rings is 1. The summed E-state index contributed by atoms with van der Waals surface area (Å²) in [5.41, 5.74) is -0.159. The second-order valence-corrected chi connectivity index (χ2v) is 19.2. The minimum atomic E-state index is -1.22. The van der Waals surface area contributed by atoms with Gasteiger partial charge in [0.05, 0.1) is 14.2 Å². The van der Waals surface area contributed by atoms with Gasteiger partial charge in [-0.05, 0) is 103 Å². The number of amides is 3. The SMILES string of the molecule is [2H]c1cc(C[C@@H](CC(C)(C)C(=O)O)NC(=O)c2csc([C@@H](C[C@H](C(C)C)N(CCCCCC)C(=O)[C@@H](NC(=O)[C@H]3CCCCN3C)[C@@H](C)CC)OC(C)=O)n2)cc([2H])c1NC(C)C. The molecule has 14 heteroatoms. The maximum atomic E-state index is 14.9. The monoisotopic (exact) mass is 871 g/mol. The zero-order chi connectivity index (χ0) is 47.2. The van der Waals surface area contributed by atoms with Crippen molar-refractivity contribution in [1.82, 2.24) is 25.4 Å². The number of rotatable bonds is 25. The van der Waals surface area contributed by atoms with Crippen molar-refractivity contribution in [2.24, 2.45) is 17.3 Å². The van der Waals surface area contributed by atoms with Gasteiger partial charge in [0.1, 0.15) is 16.7 Å². The van der Waals surface area contributed by atoms with E-state index in [0.29, 0.717) is 29.2 Å². The van der Waals surface area contributed by atoms with Gasteiger partial charge in [0.2, 0.25) is 11.8 Å². The van der Waals surface area contributed by atoms with E-state index in [1.807, 2.05) is 53.5 Å². The Labute approximate surface area is 372 Å². The Kier molecular flexibility index (Phi) is 19.3. The first-order valence-electron chi connectivity index (χ1n) is 23.4. The highest BCUT2D eigenvalue weighted by atomic mass is 32.1. The first-order chi connectivity index (χ1) is 29.6. The van der Waals surface area contributed by atoms with E-state index < -0.39 is 47.5 Å². The van der Waals surface area contributed by atoms with Crippen molar-refractivity contribution >= 4 is 46.7 Å². The van der Waals surface area contributed by atoms with Gasteiger partial charge in [-0.2, -0.15) is 0 Å². The zero-order valence-corrected chi connectivity index (χ0v) is 39.5. The van der Waals surface area contributed by atoms with Crippen LogP contribution in [0.5, 0.6) is 0 Å². The van der Waals surface area contributed by atoms with Crippen LogP contribution in [0.15, 0.2) is 29.6 Å². The maximum absolute atomic E-state index is 14.9. The van der Waals surface area contributed by atoms with Gasteiger partial charge < -0.3 is 30.7 Å². The number of hydrogen-bond acceptors (Lipinski definition) is 10. The number of esters is 1. The topological polar surface area (TPSA) is 170 Å². The van der Waals surface area contributed by atoms with Crippen molar-refractivity contribution in [3.63, 3.8) is 0 Å². The van der Waals surface area contributed by atoms with Crippen LogP contribution >= 0.6 is 11.3 Å². The van der Waals surface area contributed by atoms with Gasteiger partial charge in [-0.15, -0.1) is 11.3 Å². The third kappa shape index (κ3) is 16.0. The minimum Gasteiger partial charge on any atom is -0.481 e. The smallest absolute Gasteiger partial charge is 0.309 e. The highest BCUT2D eigenvalue weighted by molar-refractivity contribution is 7.09. The van der Waals surface area contributed by atoms with E-state index in [1.165, 1.54) is 6.92 Å². The molecule has 342 valence electrons. The van der Waals surface area contributed by atoms with Crippen molar-refractivity contribution in [3.8, 4) is 0 Å². The average molecular weight is 871 g/mol. The van der Waals surface area contributed by atoms with Crippen molar-refractivity contribution in [2.45, 2.75) is 176 Å². The van der Waals surface area contributed by atoms with Gasteiger partial charge in [-0.25, -0.2) is 4.98 Å². The van der Waals surface area contributed by atoms with Gasteiger partial charge in [0.25, 0.3) is 5.91 Å². The number of nitrogens with zero attached hydrogens (tertiary/aromatic N) is 3. The van der Waals surface area contributed by atoms with Crippen LogP contribution < -0.4 is 16.0 Å². The molecule has 3 amide bonds. The van der Waals surface area contributed by atoms with Crippen LogP contribution in [-0.4, -0.2) is 99.9 Å².